The normalized spacial score (nSPS) is 11.5. The van der Waals surface area contributed by atoms with Gasteiger partial charge in [0.05, 0.1) is 24.1 Å². The van der Waals surface area contributed by atoms with Crippen LogP contribution in [0, 0.1) is 0 Å². The lowest BCUT2D eigenvalue weighted by molar-refractivity contribution is -0.137. The zero-order valence-electron chi connectivity index (χ0n) is 9.25. The van der Waals surface area contributed by atoms with Crippen molar-refractivity contribution < 1.29 is 13.2 Å². The molecule has 0 unspecified atom stereocenters. The Hall–Kier alpha value is -1.92. The lowest BCUT2D eigenvalue weighted by atomic mass is 9.93. The van der Waals surface area contributed by atoms with E-state index in [0.29, 0.717) is 12.2 Å². The van der Waals surface area contributed by atoms with E-state index in [1.54, 1.807) is 6.20 Å². The number of aromatic nitrogens is 2. The summed E-state index contributed by atoms with van der Waals surface area (Å²) in [6.45, 7) is 0.348. The first kappa shape index (κ1) is 12.5. The van der Waals surface area contributed by atoms with Gasteiger partial charge in [-0.05, 0) is 12.1 Å². The molecule has 1 aromatic carbocycles. The van der Waals surface area contributed by atoms with Gasteiger partial charge in [-0.2, -0.15) is 13.2 Å². The maximum absolute atomic E-state index is 12.6. The highest BCUT2D eigenvalue weighted by Crippen LogP contribution is 2.30. The van der Waals surface area contributed by atoms with Crippen LogP contribution in [-0.4, -0.2) is 17.8 Å². The van der Waals surface area contributed by atoms with E-state index < -0.39 is 11.7 Å². The first-order valence-electron chi connectivity index (χ1n) is 5.14. The van der Waals surface area contributed by atoms with Gasteiger partial charge in [0.25, 0.3) is 0 Å². The van der Waals surface area contributed by atoms with Crippen LogP contribution in [0.4, 0.5) is 18.9 Å². The Morgan fingerprint density at radius 2 is 2.06 bits per heavy atom. The second-order valence-electron chi connectivity index (χ2n) is 3.77. The standard InChI is InChI=1S/C11H9BF3N3/c12-8-1-7(11(13,14)15)2-9(3-8)17-5-10-4-16-6-18-10/h1-4,6,17H,5H2,(H,16,18). The summed E-state index contributed by atoms with van der Waals surface area (Å²) in [5.74, 6) is 0. The number of hydrogen-bond acceptors (Lipinski definition) is 2. The molecule has 2 radical (unpaired) electrons. The van der Waals surface area contributed by atoms with Crippen LogP contribution in [0.3, 0.4) is 0 Å². The number of hydrogen-bond donors (Lipinski definition) is 2. The van der Waals surface area contributed by atoms with Gasteiger partial charge in [-0.1, -0.05) is 11.5 Å². The van der Waals surface area contributed by atoms with Crippen molar-refractivity contribution in [3.05, 3.63) is 42.0 Å². The molecule has 0 bridgehead atoms. The number of halogens is 3. The molecule has 1 heterocycles. The third kappa shape index (κ3) is 3.06. The van der Waals surface area contributed by atoms with E-state index in [4.69, 9.17) is 7.85 Å². The van der Waals surface area contributed by atoms with E-state index in [-0.39, 0.29) is 5.46 Å². The largest absolute Gasteiger partial charge is 0.416 e. The van der Waals surface area contributed by atoms with E-state index in [1.165, 1.54) is 12.4 Å². The molecule has 92 valence electrons. The molecule has 7 heteroatoms. The van der Waals surface area contributed by atoms with Crippen LogP contribution < -0.4 is 10.8 Å². The predicted molar refractivity (Wildman–Crippen MR) is 62.7 cm³/mol. The topological polar surface area (TPSA) is 40.7 Å². The first-order chi connectivity index (χ1) is 8.45. The fraction of sp³-hybridized carbons (Fsp3) is 0.182. The number of nitrogens with zero attached hydrogens (tertiary/aromatic N) is 1. The summed E-state index contributed by atoms with van der Waals surface area (Å²) in [4.78, 5) is 6.65. The zero-order chi connectivity index (χ0) is 13.2. The number of aromatic amines is 1. The maximum atomic E-state index is 12.6. The molecule has 2 aromatic rings. The van der Waals surface area contributed by atoms with Gasteiger partial charge in [0, 0.05) is 11.9 Å². The summed E-state index contributed by atoms with van der Waals surface area (Å²) in [5, 5.41) is 2.85. The van der Waals surface area contributed by atoms with Gasteiger partial charge in [-0.3, -0.25) is 0 Å². The van der Waals surface area contributed by atoms with Crippen LogP contribution in [-0.2, 0) is 12.7 Å². The Labute approximate surface area is 103 Å². The predicted octanol–water partition coefficient (Wildman–Crippen LogP) is 1.83. The van der Waals surface area contributed by atoms with Gasteiger partial charge in [0.2, 0.25) is 0 Å². The van der Waals surface area contributed by atoms with Gasteiger partial charge >= 0.3 is 6.18 Å². The van der Waals surface area contributed by atoms with Gasteiger partial charge in [0.1, 0.15) is 7.85 Å². The SMILES string of the molecule is [B]c1cc(NCc2cnc[nH]2)cc(C(F)(F)F)c1. The van der Waals surface area contributed by atoms with Crippen LogP contribution in [0.15, 0.2) is 30.7 Å². The monoisotopic (exact) mass is 251 g/mol. The fourth-order valence-electron chi connectivity index (χ4n) is 1.50. The molecule has 0 aliphatic heterocycles. The molecule has 0 spiro atoms. The molecule has 0 aliphatic rings. The summed E-state index contributed by atoms with van der Waals surface area (Å²) in [6.07, 6.45) is -1.32. The quantitative estimate of drug-likeness (QED) is 0.817. The third-order valence-corrected chi connectivity index (χ3v) is 2.32. The first-order valence-corrected chi connectivity index (χ1v) is 5.14. The van der Waals surface area contributed by atoms with E-state index in [0.717, 1.165) is 17.8 Å². The number of imidazole rings is 1. The summed E-state index contributed by atoms with van der Waals surface area (Å²) in [6, 6.07) is 3.37. The summed E-state index contributed by atoms with van der Waals surface area (Å²) >= 11 is 0. The molecule has 1 aromatic heterocycles. The third-order valence-electron chi connectivity index (χ3n) is 2.32. The molecule has 0 atom stereocenters. The van der Waals surface area contributed by atoms with Crippen molar-refractivity contribution in [3.63, 3.8) is 0 Å². The van der Waals surface area contributed by atoms with E-state index >= 15 is 0 Å². The van der Waals surface area contributed by atoms with E-state index in [9.17, 15) is 13.2 Å². The number of benzene rings is 1. The Bertz CT molecular complexity index is 523. The smallest absolute Gasteiger partial charge is 0.379 e. The lowest BCUT2D eigenvalue weighted by Gasteiger charge is -2.12. The Balaban J connectivity index is 2.15. The van der Waals surface area contributed by atoms with Crippen molar-refractivity contribution >= 4 is 19.0 Å². The van der Waals surface area contributed by atoms with Gasteiger partial charge in [0.15, 0.2) is 0 Å². The van der Waals surface area contributed by atoms with Crippen LogP contribution in [0.1, 0.15) is 11.3 Å². The van der Waals surface area contributed by atoms with E-state index in [1.807, 2.05) is 0 Å². The number of alkyl halides is 3. The molecular formula is C11H9BF3N3. The average Bonchev–Trinajstić information content (AvgIpc) is 2.77. The van der Waals surface area contributed by atoms with Crippen molar-refractivity contribution in [2.45, 2.75) is 12.7 Å². The molecular weight excluding hydrogens is 242 g/mol. The van der Waals surface area contributed by atoms with Crippen LogP contribution in [0.25, 0.3) is 0 Å². The second kappa shape index (κ2) is 4.76. The molecule has 18 heavy (non-hydrogen) atoms. The number of nitrogens with one attached hydrogen (secondary N) is 2. The molecule has 0 saturated heterocycles. The van der Waals surface area contributed by atoms with Crippen molar-refractivity contribution in [2.75, 3.05) is 5.32 Å². The minimum absolute atomic E-state index is 0.0666. The van der Waals surface area contributed by atoms with Crippen LogP contribution in [0.5, 0.6) is 0 Å². The number of anilines is 1. The lowest BCUT2D eigenvalue weighted by Crippen LogP contribution is -2.13. The van der Waals surface area contributed by atoms with Crippen molar-refractivity contribution in [1.82, 2.24) is 9.97 Å². The Morgan fingerprint density at radius 1 is 1.28 bits per heavy atom. The van der Waals surface area contributed by atoms with Gasteiger partial charge < -0.3 is 10.3 Å². The summed E-state index contributed by atoms with van der Waals surface area (Å²) in [7, 11) is 5.44. The van der Waals surface area contributed by atoms with Crippen molar-refractivity contribution in [2.24, 2.45) is 0 Å². The minimum atomic E-state index is -4.40. The number of rotatable bonds is 3. The number of H-pyrrole nitrogens is 1. The van der Waals surface area contributed by atoms with Gasteiger partial charge in [-0.15, -0.1) is 0 Å². The maximum Gasteiger partial charge on any atom is 0.416 e. The molecule has 0 saturated carbocycles. The molecule has 2 N–H and O–H groups in total. The highest BCUT2D eigenvalue weighted by atomic mass is 19.4. The van der Waals surface area contributed by atoms with Gasteiger partial charge in [-0.25, -0.2) is 4.98 Å². The second-order valence-corrected chi connectivity index (χ2v) is 3.77. The fourth-order valence-corrected chi connectivity index (χ4v) is 1.50. The Kier molecular flexibility index (Phi) is 3.31. The zero-order valence-corrected chi connectivity index (χ0v) is 9.25. The van der Waals surface area contributed by atoms with Crippen LogP contribution >= 0.6 is 0 Å². The van der Waals surface area contributed by atoms with E-state index in [2.05, 4.69) is 15.3 Å². The minimum Gasteiger partial charge on any atom is -0.379 e. The Morgan fingerprint density at radius 3 is 2.67 bits per heavy atom. The molecule has 0 amide bonds. The molecule has 2 rings (SSSR count). The van der Waals surface area contributed by atoms with Crippen molar-refractivity contribution in [3.8, 4) is 0 Å². The van der Waals surface area contributed by atoms with Crippen molar-refractivity contribution in [1.29, 1.82) is 0 Å². The highest BCUT2D eigenvalue weighted by molar-refractivity contribution is 6.32. The molecule has 0 fully saturated rings. The summed E-state index contributed by atoms with van der Waals surface area (Å²) in [5.41, 5.74) is 0.384. The summed E-state index contributed by atoms with van der Waals surface area (Å²) < 4.78 is 37.7. The highest BCUT2D eigenvalue weighted by Gasteiger charge is 2.30. The molecule has 0 aliphatic carbocycles. The molecule has 3 nitrogen and oxygen atoms in total. The average molecular weight is 251 g/mol. The van der Waals surface area contributed by atoms with Crippen LogP contribution in [0.2, 0.25) is 0 Å².